The Kier molecular flexibility index (Phi) is 2.26. The second kappa shape index (κ2) is 3.57. The van der Waals surface area contributed by atoms with Gasteiger partial charge in [0.15, 0.2) is 0 Å². The highest BCUT2D eigenvalue weighted by atomic mass is 15.1. The van der Waals surface area contributed by atoms with Crippen LogP contribution in [-0.2, 0) is 12.5 Å². The van der Waals surface area contributed by atoms with Crippen molar-refractivity contribution in [3.8, 4) is 0 Å². The van der Waals surface area contributed by atoms with Crippen molar-refractivity contribution in [2.75, 3.05) is 6.54 Å². The highest BCUT2D eigenvalue weighted by Crippen LogP contribution is 2.43. The Morgan fingerprint density at radius 3 is 2.71 bits per heavy atom. The van der Waals surface area contributed by atoms with E-state index in [1.165, 1.54) is 36.2 Å². The lowest BCUT2D eigenvalue weighted by molar-refractivity contribution is 0.233. The molecule has 1 aliphatic rings. The van der Waals surface area contributed by atoms with Gasteiger partial charge in [0.2, 0.25) is 0 Å². The predicted molar refractivity (Wildman–Crippen MR) is 70.0 cm³/mol. The van der Waals surface area contributed by atoms with Gasteiger partial charge in [0, 0.05) is 19.0 Å². The third-order valence-electron chi connectivity index (χ3n) is 4.27. The van der Waals surface area contributed by atoms with Crippen molar-refractivity contribution in [2.45, 2.75) is 31.6 Å². The number of fused-ring (bicyclic) bond motifs is 1. The molecule has 1 aromatic heterocycles. The summed E-state index contributed by atoms with van der Waals surface area (Å²) in [5, 5.41) is 0. The van der Waals surface area contributed by atoms with Gasteiger partial charge in [-0.3, -0.25) is 0 Å². The molecule has 0 unspecified atom stereocenters. The van der Waals surface area contributed by atoms with E-state index >= 15 is 0 Å². The fourth-order valence-corrected chi connectivity index (χ4v) is 3.06. The van der Waals surface area contributed by atoms with Crippen LogP contribution >= 0.6 is 0 Å². The normalized spacial score (nSPS) is 18.3. The first-order valence-electron chi connectivity index (χ1n) is 6.30. The van der Waals surface area contributed by atoms with Crippen LogP contribution < -0.4 is 5.73 Å². The van der Waals surface area contributed by atoms with Crippen molar-refractivity contribution in [1.82, 2.24) is 9.55 Å². The van der Waals surface area contributed by atoms with E-state index in [0.29, 0.717) is 6.54 Å². The molecule has 1 saturated carbocycles. The molecule has 1 aliphatic carbocycles. The van der Waals surface area contributed by atoms with Gasteiger partial charge in [-0.1, -0.05) is 18.6 Å². The lowest BCUT2D eigenvalue weighted by Gasteiger charge is -2.40. The first kappa shape index (κ1) is 10.8. The molecular weight excluding hydrogens is 210 g/mol. The van der Waals surface area contributed by atoms with Gasteiger partial charge in [-0.15, -0.1) is 0 Å². The summed E-state index contributed by atoms with van der Waals surface area (Å²) in [7, 11) is 2.12. The SMILES string of the molecule is Cc1cccc2nc(C3(CN)CCC3)n(C)c12. The zero-order valence-corrected chi connectivity index (χ0v) is 10.5. The second-order valence-corrected chi connectivity index (χ2v) is 5.28. The summed E-state index contributed by atoms with van der Waals surface area (Å²) in [6.07, 6.45) is 3.64. The van der Waals surface area contributed by atoms with Crippen LogP contribution in [0.25, 0.3) is 11.0 Å². The minimum Gasteiger partial charge on any atom is -0.330 e. The zero-order chi connectivity index (χ0) is 12.0. The molecule has 3 nitrogen and oxygen atoms in total. The number of nitrogens with zero attached hydrogens (tertiary/aromatic N) is 2. The average molecular weight is 229 g/mol. The molecule has 1 fully saturated rings. The van der Waals surface area contributed by atoms with Gasteiger partial charge in [-0.2, -0.15) is 0 Å². The quantitative estimate of drug-likeness (QED) is 0.858. The summed E-state index contributed by atoms with van der Waals surface area (Å²) in [4.78, 5) is 4.82. The molecule has 17 heavy (non-hydrogen) atoms. The Balaban J connectivity index is 2.25. The van der Waals surface area contributed by atoms with Crippen LogP contribution in [0.1, 0.15) is 30.7 Å². The lowest BCUT2D eigenvalue weighted by Crippen LogP contribution is -2.43. The fraction of sp³-hybridized carbons (Fsp3) is 0.500. The fourth-order valence-electron chi connectivity index (χ4n) is 3.06. The molecule has 90 valence electrons. The summed E-state index contributed by atoms with van der Waals surface area (Å²) in [6, 6.07) is 6.31. The van der Waals surface area contributed by atoms with Crippen molar-refractivity contribution in [2.24, 2.45) is 12.8 Å². The van der Waals surface area contributed by atoms with Gasteiger partial charge in [-0.25, -0.2) is 4.98 Å². The molecule has 3 heteroatoms. The molecule has 3 rings (SSSR count). The third kappa shape index (κ3) is 1.35. The molecule has 0 aliphatic heterocycles. The Morgan fingerprint density at radius 1 is 1.41 bits per heavy atom. The van der Waals surface area contributed by atoms with E-state index in [1.54, 1.807) is 0 Å². The summed E-state index contributed by atoms with van der Waals surface area (Å²) in [6.45, 7) is 2.85. The summed E-state index contributed by atoms with van der Waals surface area (Å²) in [5.74, 6) is 1.18. The highest BCUT2D eigenvalue weighted by Gasteiger charge is 2.41. The zero-order valence-electron chi connectivity index (χ0n) is 10.5. The smallest absolute Gasteiger partial charge is 0.117 e. The minimum absolute atomic E-state index is 0.139. The van der Waals surface area contributed by atoms with Gasteiger partial charge < -0.3 is 10.3 Å². The van der Waals surface area contributed by atoms with E-state index in [-0.39, 0.29) is 5.41 Å². The predicted octanol–water partition coefficient (Wildman–Crippen LogP) is 2.26. The molecule has 2 N–H and O–H groups in total. The number of imidazole rings is 1. The maximum Gasteiger partial charge on any atom is 0.117 e. The van der Waals surface area contributed by atoms with Crippen LogP contribution in [0.4, 0.5) is 0 Å². The number of aromatic nitrogens is 2. The largest absolute Gasteiger partial charge is 0.330 e. The molecule has 0 spiro atoms. The Bertz CT molecular complexity index is 559. The van der Waals surface area contributed by atoms with Crippen molar-refractivity contribution in [3.05, 3.63) is 29.6 Å². The van der Waals surface area contributed by atoms with Gasteiger partial charge in [0.1, 0.15) is 5.82 Å². The number of rotatable bonds is 2. The summed E-state index contributed by atoms with van der Waals surface area (Å²) in [5.41, 5.74) is 9.75. The van der Waals surface area contributed by atoms with E-state index in [0.717, 1.165) is 5.52 Å². The monoisotopic (exact) mass is 229 g/mol. The van der Waals surface area contributed by atoms with Gasteiger partial charge in [0.05, 0.1) is 11.0 Å². The molecular formula is C14H19N3. The van der Waals surface area contributed by atoms with E-state index in [9.17, 15) is 0 Å². The van der Waals surface area contributed by atoms with Crippen LogP contribution in [0.15, 0.2) is 18.2 Å². The number of para-hydroxylation sites is 1. The molecule has 0 atom stereocenters. The summed E-state index contributed by atoms with van der Waals surface area (Å²) >= 11 is 0. The molecule has 0 bridgehead atoms. The number of hydrogen-bond donors (Lipinski definition) is 1. The number of nitrogens with two attached hydrogens (primary N) is 1. The maximum atomic E-state index is 5.98. The maximum absolute atomic E-state index is 5.98. The van der Waals surface area contributed by atoms with Crippen LogP contribution in [0, 0.1) is 6.92 Å². The van der Waals surface area contributed by atoms with Crippen molar-refractivity contribution in [1.29, 1.82) is 0 Å². The number of benzene rings is 1. The number of hydrogen-bond acceptors (Lipinski definition) is 2. The molecule has 2 aromatic rings. The topological polar surface area (TPSA) is 43.8 Å². The van der Waals surface area contributed by atoms with Crippen LogP contribution in [0.2, 0.25) is 0 Å². The van der Waals surface area contributed by atoms with E-state index in [1.807, 2.05) is 0 Å². The average Bonchev–Trinajstić information content (AvgIpc) is 2.58. The lowest BCUT2D eigenvalue weighted by atomic mass is 9.68. The van der Waals surface area contributed by atoms with Crippen LogP contribution in [0.3, 0.4) is 0 Å². The Labute approximate surface area is 102 Å². The Morgan fingerprint density at radius 2 is 2.18 bits per heavy atom. The van der Waals surface area contributed by atoms with Crippen molar-refractivity contribution >= 4 is 11.0 Å². The minimum atomic E-state index is 0.139. The summed E-state index contributed by atoms with van der Waals surface area (Å²) < 4.78 is 2.25. The van der Waals surface area contributed by atoms with Crippen molar-refractivity contribution < 1.29 is 0 Å². The van der Waals surface area contributed by atoms with Gasteiger partial charge in [-0.05, 0) is 31.4 Å². The second-order valence-electron chi connectivity index (χ2n) is 5.28. The van der Waals surface area contributed by atoms with E-state index < -0.39 is 0 Å². The van der Waals surface area contributed by atoms with Gasteiger partial charge in [0.25, 0.3) is 0 Å². The standard InChI is InChI=1S/C14H19N3/c1-10-5-3-6-11-12(10)17(2)13(16-11)14(9-15)7-4-8-14/h3,5-6H,4,7-9,15H2,1-2H3. The van der Waals surface area contributed by atoms with E-state index in [2.05, 4.69) is 36.7 Å². The molecule has 0 amide bonds. The van der Waals surface area contributed by atoms with E-state index in [4.69, 9.17) is 10.7 Å². The first-order chi connectivity index (χ1) is 8.18. The Hall–Kier alpha value is -1.35. The molecule has 1 heterocycles. The third-order valence-corrected chi connectivity index (χ3v) is 4.27. The van der Waals surface area contributed by atoms with Gasteiger partial charge >= 0.3 is 0 Å². The molecule has 1 aromatic carbocycles. The highest BCUT2D eigenvalue weighted by molar-refractivity contribution is 5.79. The molecule has 0 radical (unpaired) electrons. The van der Waals surface area contributed by atoms with Crippen LogP contribution in [0.5, 0.6) is 0 Å². The first-order valence-corrected chi connectivity index (χ1v) is 6.30. The van der Waals surface area contributed by atoms with Crippen LogP contribution in [-0.4, -0.2) is 16.1 Å². The van der Waals surface area contributed by atoms with Crippen molar-refractivity contribution in [3.63, 3.8) is 0 Å². The number of aryl methyl sites for hydroxylation is 2. The molecule has 0 saturated heterocycles.